The minimum Gasteiger partial charge on any atom is -0.497 e. The Morgan fingerprint density at radius 1 is 1.12 bits per heavy atom. The van der Waals surface area contributed by atoms with E-state index >= 15 is 0 Å². The maximum Gasteiger partial charge on any atom is 0.243 e. The molecule has 0 atom stereocenters. The summed E-state index contributed by atoms with van der Waals surface area (Å²) in [6, 6.07) is 13.0. The predicted molar refractivity (Wildman–Crippen MR) is 98.6 cm³/mol. The SMILES string of the molecule is COc1ccc(/C=C/C(=O)NCCCc2cc(N)cc(N)c2)cc1. The highest BCUT2D eigenvalue weighted by molar-refractivity contribution is 5.91. The van der Waals surface area contributed by atoms with Crippen molar-refractivity contribution in [2.45, 2.75) is 12.8 Å². The monoisotopic (exact) mass is 325 g/mol. The molecule has 24 heavy (non-hydrogen) atoms. The Balaban J connectivity index is 1.73. The molecular formula is C19H23N3O2. The minimum absolute atomic E-state index is 0.113. The highest BCUT2D eigenvalue weighted by Crippen LogP contribution is 2.15. The number of benzene rings is 2. The molecule has 0 bridgehead atoms. The van der Waals surface area contributed by atoms with Crippen LogP contribution in [0.5, 0.6) is 5.75 Å². The third-order valence-corrected chi connectivity index (χ3v) is 3.52. The maximum absolute atomic E-state index is 11.8. The minimum atomic E-state index is -0.113. The zero-order valence-corrected chi connectivity index (χ0v) is 13.8. The van der Waals surface area contributed by atoms with Crippen molar-refractivity contribution in [2.24, 2.45) is 0 Å². The summed E-state index contributed by atoms with van der Waals surface area (Å²) in [4.78, 5) is 11.8. The van der Waals surface area contributed by atoms with Crippen LogP contribution in [0.2, 0.25) is 0 Å². The molecule has 0 aliphatic heterocycles. The number of hydrogen-bond donors (Lipinski definition) is 3. The van der Waals surface area contributed by atoms with Crippen molar-refractivity contribution >= 4 is 23.4 Å². The molecule has 0 radical (unpaired) electrons. The number of ether oxygens (including phenoxy) is 1. The zero-order valence-electron chi connectivity index (χ0n) is 13.8. The predicted octanol–water partition coefficient (Wildman–Crippen LogP) is 2.62. The van der Waals surface area contributed by atoms with Crippen molar-refractivity contribution in [1.29, 1.82) is 0 Å². The van der Waals surface area contributed by atoms with Gasteiger partial charge in [0.2, 0.25) is 5.91 Å². The van der Waals surface area contributed by atoms with Crippen LogP contribution in [-0.2, 0) is 11.2 Å². The second-order valence-electron chi connectivity index (χ2n) is 5.51. The van der Waals surface area contributed by atoms with E-state index < -0.39 is 0 Å². The van der Waals surface area contributed by atoms with E-state index in [9.17, 15) is 4.79 Å². The average molecular weight is 325 g/mol. The standard InChI is InChI=1S/C19H23N3O2/c1-24-18-7-4-14(5-8-18)6-9-19(23)22-10-2-3-15-11-16(20)13-17(21)12-15/h4-9,11-13H,2-3,10,20-21H2,1H3,(H,22,23)/b9-6+. The number of methoxy groups -OCH3 is 1. The van der Waals surface area contributed by atoms with Gasteiger partial charge in [-0.2, -0.15) is 0 Å². The molecule has 0 saturated carbocycles. The van der Waals surface area contributed by atoms with Gasteiger partial charge in [0.05, 0.1) is 7.11 Å². The number of amides is 1. The van der Waals surface area contributed by atoms with Gasteiger partial charge in [-0.15, -0.1) is 0 Å². The number of carbonyl (C=O) groups is 1. The first-order valence-corrected chi connectivity index (χ1v) is 7.82. The zero-order chi connectivity index (χ0) is 17.4. The van der Waals surface area contributed by atoms with Crippen LogP contribution in [0.1, 0.15) is 17.5 Å². The molecule has 2 rings (SSSR count). The van der Waals surface area contributed by atoms with Gasteiger partial charge in [-0.25, -0.2) is 0 Å². The number of nitrogens with one attached hydrogen (secondary N) is 1. The summed E-state index contributed by atoms with van der Waals surface area (Å²) in [5, 5.41) is 2.86. The average Bonchev–Trinajstić information content (AvgIpc) is 2.56. The molecule has 5 heteroatoms. The van der Waals surface area contributed by atoms with Gasteiger partial charge in [-0.3, -0.25) is 4.79 Å². The van der Waals surface area contributed by atoms with Crippen molar-refractivity contribution in [1.82, 2.24) is 5.32 Å². The summed E-state index contributed by atoms with van der Waals surface area (Å²) in [6.45, 7) is 0.598. The van der Waals surface area contributed by atoms with Gasteiger partial charge in [0.15, 0.2) is 0 Å². The Morgan fingerprint density at radius 3 is 2.42 bits per heavy atom. The lowest BCUT2D eigenvalue weighted by Crippen LogP contribution is -2.22. The highest BCUT2D eigenvalue weighted by Gasteiger charge is 1.99. The molecule has 0 spiro atoms. The quantitative estimate of drug-likeness (QED) is 0.415. The number of aryl methyl sites for hydroxylation is 1. The summed E-state index contributed by atoms with van der Waals surface area (Å²) >= 11 is 0. The molecule has 0 aliphatic carbocycles. The van der Waals surface area contributed by atoms with Crippen LogP contribution >= 0.6 is 0 Å². The number of carbonyl (C=O) groups excluding carboxylic acids is 1. The number of hydrogen-bond acceptors (Lipinski definition) is 4. The lowest BCUT2D eigenvalue weighted by Gasteiger charge is -2.05. The van der Waals surface area contributed by atoms with E-state index in [0.717, 1.165) is 29.7 Å². The van der Waals surface area contributed by atoms with Crippen molar-refractivity contribution in [3.8, 4) is 5.75 Å². The molecule has 2 aromatic rings. The Hall–Kier alpha value is -2.95. The van der Waals surface area contributed by atoms with Gasteiger partial charge in [0.25, 0.3) is 0 Å². The van der Waals surface area contributed by atoms with Gasteiger partial charge in [0, 0.05) is 24.0 Å². The fraction of sp³-hybridized carbons (Fsp3) is 0.211. The van der Waals surface area contributed by atoms with Crippen molar-refractivity contribution in [3.63, 3.8) is 0 Å². The molecular weight excluding hydrogens is 302 g/mol. The van der Waals surface area contributed by atoms with Crippen molar-refractivity contribution in [2.75, 3.05) is 25.1 Å². The van der Waals surface area contributed by atoms with Gasteiger partial charge < -0.3 is 21.5 Å². The van der Waals surface area contributed by atoms with E-state index in [4.69, 9.17) is 16.2 Å². The Kier molecular flexibility index (Phi) is 6.25. The number of anilines is 2. The highest BCUT2D eigenvalue weighted by atomic mass is 16.5. The summed E-state index contributed by atoms with van der Waals surface area (Å²) in [5.41, 5.74) is 14.9. The molecule has 1 amide bonds. The van der Waals surface area contributed by atoms with E-state index in [1.165, 1.54) is 6.08 Å². The van der Waals surface area contributed by atoms with E-state index in [1.54, 1.807) is 19.3 Å². The Labute approximate surface area is 142 Å². The number of rotatable bonds is 7. The fourth-order valence-electron chi connectivity index (χ4n) is 2.34. The van der Waals surface area contributed by atoms with E-state index in [1.807, 2.05) is 36.4 Å². The Morgan fingerprint density at radius 2 is 1.79 bits per heavy atom. The summed E-state index contributed by atoms with van der Waals surface area (Å²) in [7, 11) is 1.62. The summed E-state index contributed by atoms with van der Waals surface area (Å²) < 4.78 is 5.09. The van der Waals surface area contributed by atoms with E-state index in [0.29, 0.717) is 17.9 Å². The first kappa shape index (κ1) is 17.4. The van der Waals surface area contributed by atoms with Gasteiger partial charge in [0.1, 0.15) is 5.75 Å². The lowest BCUT2D eigenvalue weighted by atomic mass is 10.1. The molecule has 0 heterocycles. The number of nitrogens with two attached hydrogens (primary N) is 2. The van der Waals surface area contributed by atoms with Crippen LogP contribution in [-0.4, -0.2) is 19.6 Å². The lowest BCUT2D eigenvalue weighted by molar-refractivity contribution is -0.116. The molecule has 5 N–H and O–H groups in total. The van der Waals surface area contributed by atoms with E-state index in [2.05, 4.69) is 5.32 Å². The van der Waals surface area contributed by atoms with Gasteiger partial charge in [-0.1, -0.05) is 12.1 Å². The van der Waals surface area contributed by atoms with Crippen LogP contribution in [0.3, 0.4) is 0 Å². The first-order chi connectivity index (χ1) is 11.6. The van der Waals surface area contributed by atoms with Crippen LogP contribution in [0.25, 0.3) is 6.08 Å². The molecule has 0 fully saturated rings. The largest absolute Gasteiger partial charge is 0.497 e. The third kappa shape index (κ3) is 5.68. The maximum atomic E-state index is 11.8. The number of nitrogen functional groups attached to an aromatic ring is 2. The Bertz CT molecular complexity index is 689. The summed E-state index contributed by atoms with van der Waals surface area (Å²) in [5.74, 6) is 0.677. The fourth-order valence-corrected chi connectivity index (χ4v) is 2.34. The van der Waals surface area contributed by atoms with Crippen molar-refractivity contribution < 1.29 is 9.53 Å². The normalized spacial score (nSPS) is 10.7. The molecule has 2 aromatic carbocycles. The van der Waals surface area contributed by atoms with Crippen LogP contribution in [0.15, 0.2) is 48.5 Å². The summed E-state index contributed by atoms with van der Waals surface area (Å²) in [6.07, 6.45) is 4.94. The molecule has 0 aromatic heterocycles. The molecule has 5 nitrogen and oxygen atoms in total. The molecule has 0 aliphatic rings. The van der Waals surface area contributed by atoms with Crippen LogP contribution < -0.4 is 21.5 Å². The molecule has 126 valence electrons. The molecule has 0 saturated heterocycles. The third-order valence-electron chi connectivity index (χ3n) is 3.52. The smallest absolute Gasteiger partial charge is 0.243 e. The van der Waals surface area contributed by atoms with Crippen molar-refractivity contribution in [3.05, 3.63) is 59.7 Å². The van der Waals surface area contributed by atoms with Crippen LogP contribution in [0.4, 0.5) is 11.4 Å². The second-order valence-corrected chi connectivity index (χ2v) is 5.51. The van der Waals surface area contributed by atoms with E-state index in [-0.39, 0.29) is 5.91 Å². The topological polar surface area (TPSA) is 90.4 Å². The van der Waals surface area contributed by atoms with Crippen LogP contribution in [0, 0.1) is 0 Å². The first-order valence-electron chi connectivity index (χ1n) is 7.82. The molecule has 0 unspecified atom stereocenters. The van der Waals surface area contributed by atoms with Gasteiger partial charge >= 0.3 is 0 Å². The second kappa shape index (κ2) is 8.62. The van der Waals surface area contributed by atoms with Gasteiger partial charge in [-0.05, 0) is 60.4 Å².